The zero-order chi connectivity index (χ0) is 14.1. The van der Waals surface area contributed by atoms with Gasteiger partial charge in [-0.2, -0.15) is 0 Å². The molecule has 0 fully saturated rings. The van der Waals surface area contributed by atoms with Gasteiger partial charge in [-0.25, -0.2) is 0 Å². The molecule has 0 aliphatic heterocycles. The van der Waals surface area contributed by atoms with Gasteiger partial charge in [-0.1, -0.05) is 66.7 Å². The zero-order valence-corrected chi connectivity index (χ0v) is 12.3. The summed E-state index contributed by atoms with van der Waals surface area (Å²) in [6.45, 7) is 0. The van der Waals surface area contributed by atoms with Gasteiger partial charge in [0.2, 0.25) is 0 Å². The summed E-state index contributed by atoms with van der Waals surface area (Å²) in [7, 11) is 0. The Morgan fingerprint density at radius 3 is 2.48 bits per heavy atom. The number of benzene rings is 3. The van der Waals surface area contributed by atoms with Gasteiger partial charge in [0.15, 0.2) is 0 Å². The molecule has 3 aromatic carbocycles. The molecule has 1 atom stereocenters. The van der Waals surface area contributed by atoms with E-state index in [0.717, 1.165) is 0 Å². The van der Waals surface area contributed by atoms with E-state index in [-0.39, 0.29) is 0 Å². The smallest absolute Gasteiger partial charge is 0.0117 e. The van der Waals surface area contributed by atoms with Gasteiger partial charge in [0.05, 0.1) is 0 Å². The van der Waals surface area contributed by atoms with Crippen molar-refractivity contribution in [2.24, 2.45) is 0 Å². The van der Waals surface area contributed by atoms with Gasteiger partial charge in [0, 0.05) is 0 Å². The predicted molar refractivity (Wildman–Crippen MR) is 89.8 cm³/mol. The Labute approximate surface area is 126 Å². The minimum atomic E-state index is 0.712. The van der Waals surface area contributed by atoms with E-state index in [4.69, 9.17) is 0 Å². The highest BCUT2D eigenvalue weighted by Gasteiger charge is 2.21. The van der Waals surface area contributed by atoms with Crippen molar-refractivity contribution in [2.75, 3.05) is 0 Å². The Kier molecular flexibility index (Phi) is 3.23. The van der Waals surface area contributed by atoms with Crippen LogP contribution in [0, 0.1) is 0 Å². The molecule has 0 saturated carbocycles. The first-order valence-electron chi connectivity index (χ1n) is 7.96. The topological polar surface area (TPSA) is 0 Å². The Hall–Kier alpha value is -2.08. The highest BCUT2D eigenvalue weighted by atomic mass is 14.2. The van der Waals surface area contributed by atoms with Crippen molar-refractivity contribution >= 4 is 10.8 Å². The number of rotatable bonds is 3. The molecule has 0 saturated heterocycles. The van der Waals surface area contributed by atoms with E-state index >= 15 is 0 Å². The molecule has 0 amide bonds. The lowest BCUT2D eigenvalue weighted by molar-refractivity contribution is 0.571. The number of hydrogen-bond donors (Lipinski definition) is 0. The van der Waals surface area contributed by atoms with Crippen molar-refractivity contribution in [1.29, 1.82) is 0 Å². The summed E-state index contributed by atoms with van der Waals surface area (Å²) in [6.07, 6.45) is 4.97. The number of hydrogen-bond acceptors (Lipinski definition) is 0. The largest absolute Gasteiger partial charge is 0.0622 e. The molecule has 1 aliphatic rings. The van der Waals surface area contributed by atoms with Crippen molar-refractivity contribution < 1.29 is 0 Å². The maximum absolute atomic E-state index is 2.35. The summed E-state index contributed by atoms with van der Waals surface area (Å²) < 4.78 is 0. The molecule has 3 aromatic rings. The van der Waals surface area contributed by atoms with Gasteiger partial charge >= 0.3 is 0 Å². The first kappa shape index (κ1) is 12.6. The fourth-order valence-electron chi connectivity index (χ4n) is 3.77. The van der Waals surface area contributed by atoms with Crippen molar-refractivity contribution in [2.45, 2.75) is 31.6 Å². The lowest BCUT2D eigenvalue weighted by atomic mass is 9.79. The molecule has 0 radical (unpaired) electrons. The van der Waals surface area contributed by atoms with Gasteiger partial charge in [-0.05, 0) is 59.1 Å². The molecule has 4 rings (SSSR count). The SMILES string of the molecule is c1ccc(CCC2CCc3cccc4cccc2c34)cc1. The van der Waals surface area contributed by atoms with Crippen LogP contribution in [0.15, 0.2) is 66.7 Å². The summed E-state index contributed by atoms with van der Waals surface area (Å²) >= 11 is 0. The predicted octanol–water partition coefficient (Wildman–Crippen LogP) is 5.50. The van der Waals surface area contributed by atoms with E-state index in [1.54, 1.807) is 11.1 Å². The molecule has 0 spiro atoms. The fraction of sp³-hybridized carbons (Fsp3) is 0.238. The van der Waals surface area contributed by atoms with E-state index in [0.29, 0.717) is 5.92 Å². The van der Waals surface area contributed by atoms with Gasteiger partial charge in [0.25, 0.3) is 0 Å². The van der Waals surface area contributed by atoms with Gasteiger partial charge in [-0.3, -0.25) is 0 Å². The molecule has 0 N–H and O–H groups in total. The maximum Gasteiger partial charge on any atom is -0.0117 e. The van der Waals surface area contributed by atoms with Crippen LogP contribution in [0.5, 0.6) is 0 Å². The van der Waals surface area contributed by atoms with Gasteiger partial charge in [0.1, 0.15) is 0 Å². The second kappa shape index (κ2) is 5.37. The molecule has 1 aliphatic carbocycles. The van der Waals surface area contributed by atoms with Crippen LogP contribution in [0.2, 0.25) is 0 Å². The molecule has 0 heteroatoms. The molecular weight excluding hydrogens is 252 g/mol. The van der Waals surface area contributed by atoms with Crippen molar-refractivity contribution in [3.05, 3.63) is 83.4 Å². The van der Waals surface area contributed by atoms with Crippen molar-refractivity contribution in [3.63, 3.8) is 0 Å². The molecule has 104 valence electrons. The maximum atomic E-state index is 2.35. The fourth-order valence-corrected chi connectivity index (χ4v) is 3.77. The van der Waals surface area contributed by atoms with Crippen LogP contribution in [-0.4, -0.2) is 0 Å². The third-order valence-electron chi connectivity index (χ3n) is 4.85. The van der Waals surface area contributed by atoms with E-state index < -0.39 is 0 Å². The third kappa shape index (κ3) is 2.35. The standard InChI is InChI=1S/C21H20/c1-2-6-16(7-3-1)12-13-17-14-15-19-9-4-8-18-10-5-11-20(17)21(18)19/h1-11,17H,12-15H2. The monoisotopic (exact) mass is 272 g/mol. The summed E-state index contributed by atoms with van der Waals surface area (Å²) in [5.74, 6) is 0.712. The summed E-state index contributed by atoms with van der Waals surface area (Å²) in [5, 5.41) is 2.94. The highest BCUT2D eigenvalue weighted by Crippen LogP contribution is 2.38. The lowest BCUT2D eigenvalue weighted by Gasteiger charge is -2.26. The summed E-state index contributed by atoms with van der Waals surface area (Å²) in [5.41, 5.74) is 4.58. The van der Waals surface area contributed by atoms with E-state index in [1.807, 2.05) is 0 Å². The molecule has 21 heavy (non-hydrogen) atoms. The van der Waals surface area contributed by atoms with Crippen LogP contribution in [0.25, 0.3) is 10.8 Å². The van der Waals surface area contributed by atoms with Crippen LogP contribution in [0.1, 0.15) is 35.4 Å². The molecule has 0 heterocycles. The quantitative estimate of drug-likeness (QED) is 0.590. The normalized spacial score (nSPS) is 17.0. The van der Waals surface area contributed by atoms with Crippen LogP contribution < -0.4 is 0 Å². The average molecular weight is 272 g/mol. The molecule has 0 bridgehead atoms. The van der Waals surface area contributed by atoms with E-state index in [2.05, 4.69) is 66.7 Å². The molecular formula is C21H20. The second-order valence-corrected chi connectivity index (χ2v) is 6.12. The van der Waals surface area contributed by atoms with Crippen molar-refractivity contribution in [1.82, 2.24) is 0 Å². The van der Waals surface area contributed by atoms with Crippen LogP contribution in [0.3, 0.4) is 0 Å². The summed E-state index contributed by atoms with van der Waals surface area (Å²) in [4.78, 5) is 0. The van der Waals surface area contributed by atoms with Gasteiger partial charge in [-0.15, -0.1) is 0 Å². The molecule has 0 aromatic heterocycles. The molecule has 1 unspecified atom stereocenters. The zero-order valence-electron chi connectivity index (χ0n) is 12.3. The Morgan fingerprint density at radius 1 is 0.810 bits per heavy atom. The van der Waals surface area contributed by atoms with E-state index in [9.17, 15) is 0 Å². The minimum absolute atomic E-state index is 0.712. The van der Waals surface area contributed by atoms with E-state index in [1.165, 1.54) is 42.0 Å². The van der Waals surface area contributed by atoms with Crippen LogP contribution in [-0.2, 0) is 12.8 Å². The highest BCUT2D eigenvalue weighted by molar-refractivity contribution is 5.90. The minimum Gasteiger partial charge on any atom is -0.0622 e. The molecule has 0 nitrogen and oxygen atoms in total. The second-order valence-electron chi connectivity index (χ2n) is 6.12. The average Bonchev–Trinajstić information content (AvgIpc) is 2.56. The Balaban J connectivity index is 1.65. The third-order valence-corrected chi connectivity index (χ3v) is 4.85. The Morgan fingerprint density at radius 2 is 1.62 bits per heavy atom. The Bertz CT molecular complexity index is 750. The summed E-state index contributed by atoms with van der Waals surface area (Å²) in [6, 6.07) is 24.5. The van der Waals surface area contributed by atoms with Gasteiger partial charge < -0.3 is 0 Å². The van der Waals surface area contributed by atoms with Crippen LogP contribution >= 0.6 is 0 Å². The lowest BCUT2D eigenvalue weighted by Crippen LogP contribution is -2.09. The van der Waals surface area contributed by atoms with Crippen LogP contribution in [0.4, 0.5) is 0 Å². The van der Waals surface area contributed by atoms with Crippen molar-refractivity contribution in [3.8, 4) is 0 Å². The first-order chi connectivity index (χ1) is 10.4. The first-order valence-corrected chi connectivity index (χ1v) is 7.96. The number of aryl methyl sites for hydroxylation is 2.